The van der Waals surface area contributed by atoms with Crippen molar-refractivity contribution in [1.82, 2.24) is 0 Å². The first-order valence-corrected chi connectivity index (χ1v) is 7.10. The molecular formula is C11H16N2O2S. The molecule has 88 valence electrons. The van der Waals surface area contributed by atoms with Crippen molar-refractivity contribution in [2.24, 2.45) is 5.14 Å². The van der Waals surface area contributed by atoms with Crippen LogP contribution in [0.4, 0.5) is 5.69 Å². The van der Waals surface area contributed by atoms with Gasteiger partial charge >= 0.3 is 0 Å². The maximum atomic E-state index is 10.9. The fourth-order valence-corrected chi connectivity index (χ4v) is 2.67. The Balaban J connectivity index is 2.10. The van der Waals surface area contributed by atoms with Crippen molar-refractivity contribution in [2.75, 3.05) is 18.0 Å². The summed E-state index contributed by atoms with van der Waals surface area (Å²) in [5, 5.41) is 4.99. The van der Waals surface area contributed by atoms with Crippen LogP contribution >= 0.6 is 0 Å². The minimum Gasteiger partial charge on any atom is -0.372 e. The van der Waals surface area contributed by atoms with Crippen molar-refractivity contribution >= 4 is 15.7 Å². The van der Waals surface area contributed by atoms with Crippen LogP contribution in [0.3, 0.4) is 0 Å². The maximum Gasteiger partial charge on any atom is 0.213 e. The van der Waals surface area contributed by atoms with Gasteiger partial charge in [-0.25, -0.2) is 13.6 Å². The molecule has 5 heteroatoms. The van der Waals surface area contributed by atoms with Gasteiger partial charge in [-0.3, -0.25) is 0 Å². The molecule has 1 aromatic rings. The van der Waals surface area contributed by atoms with Gasteiger partial charge in [0.2, 0.25) is 10.0 Å². The number of nitrogens with two attached hydrogens (primary N) is 1. The van der Waals surface area contributed by atoms with E-state index in [1.807, 2.05) is 24.3 Å². The molecule has 2 N–H and O–H groups in total. The van der Waals surface area contributed by atoms with Crippen molar-refractivity contribution in [3.8, 4) is 0 Å². The second kappa shape index (κ2) is 4.43. The Morgan fingerprint density at radius 3 is 2.19 bits per heavy atom. The quantitative estimate of drug-likeness (QED) is 0.859. The highest BCUT2D eigenvalue weighted by Gasteiger charge is 2.12. The second-order valence-electron chi connectivity index (χ2n) is 4.17. The number of hydrogen-bond donors (Lipinski definition) is 1. The van der Waals surface area contributed by atoms with Crippen LogP contribution in [0.2, 0.25) is 0 Å². The highest BCUT2D eigenvalue weighted by atomic mass is 32.2. The van der Waals surface area contributed by atoms with E-state index in [9.17, 15) is 8.42 Å². The molecule has 0 bridgehead atoms. The number of rotatable bonds is 3. The average molecular weight is 240 g/mol. The zero-order valence-corrected chi connectivity index (χ0v) is 9.91. The Labute approximate surface area is 96.1 Å². The van der Waals surface area contributed by atoms with Gasteiger partial charge in [0.1, 0.15) is 0 Å². The molecule has 16 heavy (non-hydrogen) atoms. The first kappa shape index (κ1) is 11.4. The predicted octanol–water partition coefficient (Wildman–Crippen LogP) is 1.08. The van der Waals surface area contributed by atoms with Gasteiger partial charge in [0.25, 0.3) is 0 Å². The first-order valence-electron chi connectivity index (χ1n) is 5.39. The van der Waals surface area contributed by atoms with Crippen LogP contribution in [0, 0.1) is 0 Å². The van der Waals surface area contributed by atoms with E-state index in [2.05, 4.69) is 4.90 Å². The second-order valence-corrected chi connectivity index (χ2v) is 5.78. The molecule has 2 rings (SSSR count). The highest BCUT2D eigenvalue weighted by Crippen LogP contribution is 2.20. The minimum absolute atomic E-state index is 0.0900. The van der Waals surface area contributed by atoms with Crippen molar-refractivity contribution in [2.45, 2.75) is 18.6 Å². The Bertz CT molecular complexity index is 447. The predicted molar refractivity (Wildman–Crippen MR) is 64.7 cm³/mol. The smallest absolute Gasteiger partial charge is 0.213 e. The van der Waals surface area contributed by atoms with E-state index in [1.54, 1.807) is 0 Å². The van der Waals surface area contributed by atoms with Crippen LogP contribution in [0.1, 0.15) is 18.4 Å². The lowest BCUT2D eigenvalue weighted by atomic mass is 10.2. The van der Waals surface area contributed by atoms with E-state index in [-0.39, 0.29) is 5.75 Å². The third kappa shape index (κ3) is 2.96. The molecule has 1 heterocycles. The lowest BCUT2D eigenvalue weighted by Crippen LogP contribution is -2.18. The maximum absolute atomic E-state index is 10.9. The van der Waals surface area contributed by atoms with E-state index in [4.69, 9.17) is 5.14 Å². The topological polar surface area (TPSA) is 63.4 Å². The molecule has 1 aliphatic heterocycles. The van der Waals surface area contributed by atoms with Crippen LogP contribution in [0.5, 0.6) is 0 Å². The summed E-state index contributed by atoms with van der Waals surface area (Å²) in [4.78, 5) is 2.31. The fourth-order valence-electron chi connectivity index (χ4n) is 2.01. The van der Waals surface area contributed by atoms with Crippen molar-refractivity contribution in [1.29, 1.82) is 0 Å². The number of benzene rings is 1. The van der Waals surface area contributed by atoms with Crippen molar-refractivity contribution in [3.05, 3.63) is 29.8 Å². The Hall–Kier alpha value is -1.07. The lowest BCUT2D eigenvalue weighted by molar-refractivity contribution is 0.597. The van der Waals surface area contributed by atoms with Gasteiger partial charge < -0.3 is 4.90 Å². The summed E-state index contributed by atoms with van der Waals surface area (Å²) in [5.74, 6) is -0.0900. The van der Waals surface area contributed by atoms with Gasteiger partial charge in [-0.2, -0.15) is 0 Å². The van der Waals surface area contributed by atoms with Gasteiger partial charge in [-0.1, -0.05) is 12.1 Å². The van der Waals surface area contributed by atoms with Crippen LogP contribution in [-0.4, -0.2) is 21.5 Å². The largest absolute Gasteiger partial charge is 0.372 e. The highest BCUT2D eigenvalue weighted by molar-refractivity contribution is 7.88. The Morgan fingerprint density at radius 2 is 1.69 bits per heavy atom. The molecule has 0 radical (unpaired) electrons. The van der Waals surface area contributed by atoms with Gasteiger partial charge in [0, 0.05) is 18.8 Å². The lowest BCUT2D eigenvalue weighted by Gasteiger charge is -2.17. The number of hydrogen-bond acceptors (Lipinski definition) is 3. The first-order chi connectivity index (χ1) is 7.54. The van der Waals surface area contributed by atoms with E-state index in [0.717, 1.165) is 24.3 Å². The minimum atomic E-state index is -3.42. The fraction of sp³-hybridized carbons (Fsp3) is 0.455. The van der Waals surface area contributed by atoms with Crippen LogP contribution in [0.25, 0.3) is 0 Å². The number of sulfonamides is 1. The summed E-state index contributed by atoms with van der Waals surface area (Å²) < 4.78 is 21.8. The Kier molecular flexibility index (Phi) is 3.16. The van der Waals surface area contributed by atoms with E-state index < -0.39 is 10.0 Å². The zero-order chi connectivity index (χ0) is 11.6. The summed E-state index contributed by atoms with van der Waals surface area (Å²) in [6.45, 7) is 2.18. The van der Waals surface area contributed by atoms with Crippen molar-refractivity contribution in [3.63, 3.8) is 0 Å². The molecule has 0 aromatic heterocycles. The zero-order valence-electron chi connectivity index (χ0n) is 9.09. The molecule has 1 aromatic carbocycles. The standard InChI is InChI=1S/C11H16N2O2S/c12-16(14,15)9-10-3-5-11(6-4-10)13-7-1-2-8-13/h3-6H,1-2,7-9H2,(H2,12,14,15). The SMILES string of the molecule is NS(=O)(=O)Cc1ccc(N2CCCC2)cc1. The number of anilines is 1. The normalized spacial score (nSPS) is 16.7. The van der Waals surface area contributed by atoms with Crippen molar-refractivity contribution < 1.29 is 8.42 Å². The van der Waals surface area contributed by atoms with E-state index in [0.29, 0.717) is 0 Å². The molecule has 0 aliphatic carbocycles. The summed E-state index contributed by atoms with van der Waals surface area (Å²) in [5.41, 5.74) is 1.90. The van der Waals surface area contributed by atoms with Crippen LogP contribution in [0.15, 0.2) is 24.3 Å². The summed E-state index contributed by atoms with van der Waals surface area (Å²) in [7, 11) is -3.42. The molecular weight excluding hydrogens is 224 g/mol. The third-order valence-electron chi connectivity index (χ3n) is 2.78. The molecule has 0 atom stereocenters. The number of primary sulfonamides is 1. The summed E-state index contributed by atoms with van der Waals surface area (Å²) in [6, 6.07) is 7.59. The molecule has 0 unspecified atom stereocenters. The average Bonchev–Trinajstić information content (AvgIpc) is 2.69. The summed E-state index contributed by atoms with van der Waals surface area (Å²) in [6.07, 6.45) is 2.47. The van der Waals surface area contributed by atoms with Gasteiger partial charge in [0.15, 0.2) is 0 Å². The van der Waals surface area contributed by atoms with Gasteiger partial charge in [-0.15, -0.1) is 0 Å². The number of nitrogens with zero attached hydrogens (tertiary/aromatic N) is 1. The molecule has 0 saturated carbocycles. The van der Waals surface area contributed by atoms with Gasteiger partial charge in [-0.05, 0) is 30.5 Å². The molecule has 1 saturated heterocycles. The molecule has 4 nitrogen and oxygen atoms in total. The molecule has 1 aliphatic rings. The van der Waals surface area contributed by atoms with Crippen LogP contribution in [-0.2, 0) is 15.8 Å². The van der Waals surface area contributed by atoms with Crippen LogP contribution < -0.4 is 10.0 Å². The van der Waals surface area contributed by atoms with E-state index >= 15 is 0 Å². The molecule has 0 spiro atoms. The molecule has 1 fully saturated rings. The summed E-state index contributed by atoms with van der Waals surface area (Å²) >= 11 is 0. The van der Waals surface area contributed by atoms with E-state index in [1.165, 1.54) is 12.8 Å². The third-order valence-corrected chi connectivity index (χ3v) is 3.51. The monoisotopic (exact) mass is 240 g/mol. The van der Waals surface area contributed by atoms with Gasteiger partial charge in [0.05, 0.1) is 5.75 Å². The Morgan fingerprint density at radius 1 is 1.12 bits per heavy atom. The molecule has 0 amide bonds.